The van der Waals surface area contributed by atoms with Crippen LogP contribution in [0.1, 0.15) is 26.2 Å². The van der Waals surface area contributed by atoms with Crippen LogP contribution in [0.5, 0.6) is 0 Å². The van der Waals surface area contributed by atoms with E-state index in [2.05, 4.69) is 4.52 Å². The van der Waals surface area contributed by atoms with Gasteiger partial charge in [0, 0.05) is 6.42 Å². The van der Waals surface area contributed by atoms with Gasteiger partial charge in [0.2, 0.25) is 0 Å². The van der Waals surface area contributed by atoms with Crippen molar-refractivity contribution in [1.29, 1.82) is 0 Å². The highest BCUT2D eigenvalue weighted by molar-refractivity contribution is 7.45. The summed E-state index contributed by atoms with van der Waals surface area (Å²) >= 11 is 0. The summed E-state index contributed by atoms with van der Waals surface area (Å²) in [4.78, 5) is 23.0. The zero-order valence-corrected chi connectivity index (χ0v) is 14.7. The molecule has 2 atom stereocenters. The van der Waals surface area contributed by atoms with Crippen LogP contribution in [-0.2, 0) is 23.1 Å². The standard InChI is InChI=1S/C13H28NO7P/c1-5-6-7-13(16)21-12(10-15)11-20-22(17,18)19-9-8-14(2,3)4/h12,15H,5-11H2,1-4H3. The van der Waals surface area contributed by atoms with E-state index in [1.54, 1.807) is 0 Å². The number of phosphoric ester groups is 1. The molecule has 22 heavy (non-hydrogen) atoms. The topological polar surface area (TPSA) is 105 Å². The second-order valence-corrected chi connectivity index (χ2v) is 7.40. The van der Waals surface area contributed by atoms with Crippen molar-refractivity contribution in [3.63, 3.8) is 0 Å². The first kappa shape index (κ1) is 21.5. The maximum atomic E-state index is 11.5. The van der Waals surface area contributed by atoms with Crippen molar-refractivity contribution in [1.82, 2.24) is 0 Å². The third-order valence-corrected chi connectivity index (χ3v) is 3.63. The molecule has 8 nitrogen and oxygen atoms in total. The number of hydrogen-bond acceptors (Lipinski definition) is 7. The van der Waals surface area contributed by atoms with Crippen LogP contribution in [0, 0.1) is 0 Å². The van der Waals surface area contributed by atoms with E-state index in [4.69, 9.17) is 14.4 Å². The fourth-order valence-electron chi connectivity index (χ4n) is 1.33. The lowest BCUT2D eigenvalue weighted by Gasteiger charge is -2.28. The lowest BCUT2D eigenvalue weighted by atomic mass is 10.2. The summed E-state index contributed by atoms with van der Waals surface area (Å²) in [6.07, 6.45) is 0.716. The molecular weight excluding hydrogens is 313 g/mol. The number of phosphoric acid groups is 1. The van der Waals surface area contributed by atoms with Gasteiger partial charge in [-0.2, -0.15) is 0 Å². The van der Waals surface area contributed by atoms with Crippen molar-refractivity contribution in [3.05, 3.63) is 0 Å². The largest absolute Gasteiger partial charge is 0.756 e. The summed E-state index contributed by atoms with van der Waals surface area (Å²) in [6.45, 7) is 1.44. The first-order valence-corrected chi connectivity index (χ1v) is 8.76. The molecule has 132 valence electrons. The van der Waals surface area contributed by atoms with Crippen LogP contribution in [-0.4, -0.2) is 69.2 Å². The Hall–Kier alpha value is -0.500. The van der Waals surface area contributed by atoms with Gasteiger partial charge in [-0.3, -0.25) is 9.36 Å². The summed E-state index contributed by atoms with van der Waals surface area (Å²) < 4.78 is 26.4. The number of likely N-dealkylation sites (N-methyl/N-ethyl adjacent to an activating group) is 1. The molecule has 0 aromatic rings. The fraction of sp³-hybridized carbons (Fsp3) is 0.923. The molecule has 0 amide bonds. The number of carbonyl (C=O) groups is 1. The molecule has 0 fully saturated rings. The van der Waals surface area contributed by atoms with E-state index in [0.29, 0.717) is 17.4 Å². The highest BCUT2D eigenvalue weighted by Crippen LogP contribution is 2.38. The van der Waals surface area contributed by atoms with E-state index >= 15 is 0 Å². The van der Waals surface area contributed by atoms with Gasteiger partial charge >= 0.3 is 5.97 Å². The SMILES string of the molecule is CCCCC(=O)OC(CO)COP(=O)([O-])OCC[N+](C)(C)C. The van der Waals surface area contributed by atoms with Gasteiger partial charge in [-0.1, -0.05) is 13.3 Å². The minimum absolute atomic E-state index is 0.00957. The van der Waals surface area contributed by atoms with Gasteiger partial charge in [0.15, 0.2) is 0 Å². The number of unbranched alkanes of at least 4 members (excludes halogenated alkanes) is 1. The number of rotatable bonds is 12. The Bertz CT molecular complexity index is 370. The average molecular weight is 341 g/mol. The number of aliphatic hydroxyl groups excluding tert-OH is 1. The van der Waals surface area contributed by atoms with E-state index < -0.39 is 33.1 Å². The molecule has 0 radical (unpaired) electrons. The minimum atomic E-state index is -4.47. The predicted molar refractivity (Wildman–Crippen MR) is 78.9 cm³/mol. The number of aliphatic hydroxyl groups is 1. The van der Waals surface area contributed by atoms with E-state index in [-0.39, 0.29) is 13.0 Å². The van der Waals surface area contributed by atoms with Gasteiger partial charge in [0.25, 0.3) is 7.82 Å². The number of hydrogen-bond donors (Lipinski definition) is 1. The fourth-order valence-corrected chi connectivity index (χ4v) is 2.06. The Morgan fingerprint density at radius 2 is 1.95 bits per heavy atom. The molecule has 0 saturated heterocycles. The molecule has 2 unspecified atom stereocenters. The van der Waals surface area contributed by atoms with Crippen molar-refractivity contribution in [2.24, 2.45) is 0 Å². The maximum absolute atomic E-state index is 11.5. The van der Waals surface area contributed by atoms with Crippen LogP contribution in [0.15, 0.2) is 0 Å². The quantitative estimate of drug-likeness (QED) is 0.309. The monoisotopic (exact) mass is 341 g/mol. The van der Waals surface area contributed by atoms with Crippen LogP contribution >= 0.6 is 7.82 Å². The Labute approximate surface area is 132 Å². The number of quaternary nitrogens is 1. The zero-order valence-electron chi connectivity index (χ0n) is 13.8. The highest BCUT2D eigenvalue weighted by Gasteiger charge is 2.19. The van der Waals surface area contributed by atoms with Crippen molar-refractivity contribution >= 4 is 13.8 Å². The molecule has 0 heterocycles. The minimum Gasteiger partial charge on any atom is -0.756 e. The maximum Gasteiger partial charge on any atom is 0.306 e. The molecule has 1 N–H and O–H groups in total. The van der Waals surface area contributed by atoms with Gasteiger partial charge < -0.3 is 28.3 Å². The van der Waals surface area contributed by atoms with Gasteiger partial charge in [0.05, 0.1) is 34.4 Å². The summed E-state index contributed by atoms with van der Waals surface area (Å²) in [5.41, 5.74) is 0. The highest BCUT2D eigenvalue weighted by atomic mass is 31.2. The molecule has 9 heteroatoms. The van der Waals surface area contributed by atoms with Crippen LogP contribution in [0.25, 0.3) is 0 Å². The molecule has 0 saturated carbocycles. The Morgan fingerprint density at radius 1 is 1.32 bits per heavy atom. The van der Waals surface area contributed by atoms with E-state index in [1.165, 1.54) is 0 Å². The summed E-state index contributed by atoms with van der Waals surface area (Å²) in [5.74, 6) is -0.490. The average Bonchev–Trinajstić information content (AvgIpc) is 2.39. The van der Waals surface area contributed by atoms with Gasteiger partial charge in [-0.05, 0) is 6.42 Å². The third-order valence-electron chi connectivity index (χ3n) is 2.67. The molecule has 0 aromatic heterocycles. The summed E-state index contributed by atoms with van der Waals surface area (Å²) in [6, 6.07) is 0. The van der Waals surface area contributed by atoms with Crippen molar-refractivity contribution in [2.75, 3.05) is 47.5 Å². The molecule has 0 bridgehead atoms. The Morgan fingerprint density at radius 3 is 2.45 bits per heavy atom. The van der Waals surface area contributed by atoms with E-state index in [0.717, 1.165) is 6.42 Å². The van der Waals surface area contributed by atoms with Crippen LogP contribution in [0.4, 0.5) is 0 Å². The molecule has 0 aromatic carbocycles. The first-order chi connectivity index (χ1) is 10.1. The van der Waals surface area contributed by atoms with Crippen LogP contribution in [0.3, 0.4) is 0 Å². The van der Waals surface area contributed by atoms with Gasteiger partial charge in [-0.25, -0.2) is 0 Å². The molecule has 0 aliphatic heterocycles. The smallest absolute Gasteiger partial charge is 0.306 e. The van der Waals surface area contributed by atoms with Crippen LogP contribution < -0.4 is 4.89 Å². The lowest BCUT2D eigenvalue weighted by molar-refractivity contribution is -0.870. The number of carbonyl (C=O) groups excluding carboxylic acids is 1. The molecule has 0 aliphatic carbocycles. The number of nitrogens with zero attached hydrogens (tertiary/aromatic N) is 1. The summed E-state index contributed by atoms with van der Waals surface area (Å²) in [5, 5.41) is 9.09. The van der Waals surface area contributed by atoms with Gasteiger partial charge in [-0.15, -0.1) is 0 Å². The second-order valence-electron chi connectivity index (χ2n) is 5.99. The van der Waals surface area contributed by atoms with Crippen molar-refractivity contribution in [3.8, 4) is 0 Å². The summed E-state index contributed by atoms with van der Waals surface area (Å²) in [7, 11) is 1.23. The van der Waals surface area contributed by atoms with Gasteiger partial charge in [0.1, 0.15) is 19.3 Å². The number of esters is 1. The first-order valence-electron chi connectivity index (χ1n) is 7.30. The lowest BCUT2D eigenvalue weighted by Crippen LogP contribution is -2.37. The van der Waals surface area contributed by atoms with E-state index in [1.807, 2.05) is 28.1 Å². The second kappa shape index (κ2) is 10.3. The Balaban J connectivity index is 4.13. The Kier molecular flexibility index (Phi) is 10.1. The molecule has 0 spiro atoms. The molecule has 0 rings (SSSR count). The zero-order chi connectivity index (χ0) is 17.2. The molecular formula is C13H28NO7P. The third kappa shape index (κ3) is 12.1. The molecule has 0 aliphatic rings. The van der Waals surface area contributed by atoms with Crippen molar-refractivity contribution in [2.45, 2.75) is 32.3 Å². The number of ether oxygens (including phenoxy) is 1. The normalized spacial score (nSPS) is 16.1. The van der Waals surface area contributed by atoms with E-state index in [9.17, 15) is 14.3 Å². The predicted octanol–water partition coefficient (Wildman–Crippen LogP) is 0.289. The van der Waals surface area contributed by atoms with Crippen molar-refractivity contribution < 1.29 is 37.6 Å². The van der Waals surface area contributed by atoms with Crippen LogP contribution in [0.2, 0.25) is 0 Å².